The third kappa shape index (κ3) is 3.06. The van der Waals surface area contributed by atoms with Gasteiger partial charge >= 0.3 is 0 Å². The Balaban J connectivity index is 1.60. The van der Waals surface area contributed by atoms with E-state index in [0.29, 0.717) is 12.2 Å². The Morgan fingerprint density at radius 3 is 2.77 bits per heavy atom. The molecule has 3 aromatic rings. The lowest BCUT2D eigenvalue weighted by atomic mass is 10.2. The molecule has 6 nitrogen and oxygen atoms in total. The van der Waals surface area contributed by atoms with Gasteiger partial charge in [0.1, 0.15) is 5.69 Å². The van der Waals surface area contributed by atoms with Gasteiger partial charge in [0.05, 0.1) is 5.69 Å². The second kappa shape index (κ2) is 6.26. The predicted octanol–water partition coefficient (Wildman–Crippen LogP) is 2.09. The number of hydrogen-bond donors (Lipinski definition) is 2. The number of carbonyl (C=O) groups excluding carboxylic acids is 1. The quantitative estimate of drug-likeness (QED) is 0.756. The van der Waals surface area contributed by atoms with E-state index in [1.165, 1.54) is 0 Å². The molecule has 6 heteroatoms. The standard InChI is InChI=1S/C16H17N5O/c1-2-13-10-15(20-19-13)16(22)17-11-12-4-6-14(7-5-12)21-9-3-8-18-21/h3-10H,2,11H2,1H3,(H,17,22)(H,19,20). The Labute approximate surface area is 128 Å². The van der Waals surface area contributed by atoms with Crippen molar-refractivity contribution < 1.29 is 4.79 Å². The summed E-state index contributed by atoms with van der Waals surface area (Å²) >= 11 is 0. The molecule has 0 unspecified atom stereocenters. The summed E-state index contributed by atoms with van der Waals surface area (Å²) in [5.41, 5.74) is 3.38. The number of amides is 1. The molecule has 1 aromatic carbocycles. The summed E-state index contributed by atoms with van der Waals surface area (Å²) < 4.78 is 1.79. The zero-order valence-corrected chi connectivity index (χ0v) is 12.3. The summed E-state index contributed by atoms with van der Waals surface area (Å²) in [6, 6.07) is 11.5. The van der Waals surface area contributed by atoms with Crippen molar-refractivity contribution in [3.8, 4) is 5.69 Å². The van der Waals surface area contributed by atoms with Crippen molar-refractivity contribution in [1.82, 2.24) is 25.3 Å². The highest BCUT2D eigenvalue weighted by Crippen LogP contribution is 2.09. The van der Waals surface area contributed by atoms with Crippen molar-refractivity contribution in [3.63, 3.8) is 0 Å². The summed E-state index contributed by atoms with van der Waals surface area (Å²) in [7, 11) is 0. The first-order chi connectivity index (χ1) is 10.8. The number of aryl methyl sites for hydroxylation is 1. The highest BCUT2D eigenvalue weighted by atomic mass is 16.1. The van der Waals surface area contributed by atoms with Crippen molar-refractivity contribution >= 4 is 5.91 Å². The van der Waals surface area contributed by atoms with Crippen LogP contribution in [0.5, 0.6) is 0 Å². The van der Waals surface area contributed by atoms with Crippen LogP contribution in [-0.2, 0) is 13.0 Å². The molecule has 0 aliphatic carbocycles. The fourth-order valence-corrected chi connectivity index (χ4v) is 2.12. The molecular weight excluding hydrogens is 278 g/mol. The van der Waals surface area contributed by atoms with Gasteiger partial charge < -0.3 is 5.32 Å². The van der Waals surface area contributed by atoms with Crippen molar-refractivity contribution in [2.24, 2.45) is 0 Å². The van der Waals surface area contributed by atoms with Crippen molar-refractivity contribution in [1.29, 1.82) is 0 Å². The molecule has 3 rings (SSSR count). The Kier molecular flexibility index (Phi) is 4.00. The molecule has 2 aromatic heterocycles. The molecule has 0 aliphatic rings. The van der Waals surface area contributed by atoms with E-state index in [9.17, 15) is 4.79 Å². The minimum absolute atomic E-state index is 0.174. The SMILES string of the molecule is CCc1cc(C(=O)NCc2ccc(-n3cccn3)cc2)n[nH]1. The smallest absolute Gasteiger partial charge is 0.272 e. The van der Waals surface area contributed by atoms with Crippen molar-refractivity contribution in [2.75, 3.05) is 0 Å². The van der Waals surface area contributed by atoms with Gasteiger partial charge in [0.25, 0.3) is 5.91 Å². The van der Waals surface area contributed by atoms with Crippen LogP contribution in [0.1, 0.15) is 28.7 Å². The van der Waals surface area contributed by atoms with Gasteiger partial charge in [-0.2, -0.15) is 10.2 Å². The van der Waals surface area contributed by atoms with E-state index in [0.717, 1.165) is 23.4 Å². The van der Waals surface area contributed by atoms with E-state index in [1.54, 1.807) is 16.9 Å². The lowest BCUT2D eigenvalue weighted by Crippen LogP contribution is -2.23. The highest BCUT2D eigenvalue weighted by molar-refractivity contribution is 5.92. The first-order valence-electron chi connectivity index (χ1n) is 7.17. The molecule has 112 valence electrons. The largest absolute Gasteiger partial charge is 0.347 e. The van der Waals surface area contributed by atoms with Gasteiger partial charge in [-0.15, -0.1) is 0 Å². The van der Waals surface area contributed by atoms with Gasteiger partial charge in [-0.1, -0.05) is 19.1 Å². The van der Waals surface area contributed by atoms with Crippen LogP contribution in [0.15, 0.2) is 48.8 Å². The zero-order chi connectivity index (χ0) is 15.4. The Morgan fingerprint density at radius 2 is 2.14 bits per heavy atom. The van der Waals surface area contributed by atoms with Crippen LogP contribution in [0.2, 0.25) is 0 Å². The molecule has 0 atom stereocenters. The average Bonchev–Trinajstić information content (AvgIpc) is 3.24. The van der Waals surface area contributed by atoms with Crippen LogP contribution < -0.4 is 5.32 Å². The monoisotopic (exact) mass is 295 g/mol. The molecule has 2 heterocycles. The van der Waals surface area contributed by atoms with Crippen molar-refractivity contribution in [2.45, 2.75) is 19.9 Å². The summed E-state index contributed by atoms with van der Waals surface area (Å²) in [4.78, 5) is 12.0. The van der Waals surface area contributed by atoms with Gasteiger partial charge in [0.2, 0.25) is 0 Å². The van der Waals surface area contributed by atoms with Crippen LogP contribution in [0, 0.1) is 0 Å². The molecule has 0 bridgehead atoms. The summed E-state index contributed by atoms with van der Waals surface area (Å²) in [6.07, 6.45) is 4.46. The van der Waals surface area contributed by atoms with Gasteiger partial charge in [-0.25, -0.2) is 4.68 Å². The molecule has 2 N–H and O–H groups in total. The average molecular weight is 295 g/mol. The minimum Gasteiger partial charge on any atom is -0.347 e. The predicted molar refractivity (Wildman–Crippen MR) is 82.7 cm³/mol. The zero-order valence-electron chi connectivity index (χ0n) is 12.3. The number of rotatable bonds is 5. The number of H-pyrrole nitrogens is 1. The molecule has 0 saturated carbocycles. The number of aromatic amines is 1. The fraction of sp³-hybridized carbons (Fsp3) is 0.188. The van der Waals surface area contributed by atoms with Crippen molar-refractivity contribution in [3.05, 3.63) is 65.7 Å². The topological polar surface area (TPSA) is 75.6 Å². The fourth-order valence-electron chi connectivity index (χ4n) is 2.12. The summed E-state index contributed by atoms with van der Waals surface area (Å²) in [5, 5.41) is 13.9. The first kappa shape index (κ1) is 14.1. The normalized spacial score (nSPS) is 10.6. The van der Waals surface area contributed by atoms with Gasteiger partial charge in [-0.3, -0.25) is 9.89 Å². The first-order valence-corrected chi connectivity index (χ1v) is 7.17. The van der Waals surface area contributed by atoms with E-state index in [4.69, 9.17) is 0 Å². The number of benzene rings is 1. The molecule has 0 saturated heterocycles. The van der Waals surface area contributed by atoms with Gasteiger partial charge in [0, 0.05) is 24.6 Å². The number of hydrogen-bond acceptors (Lipinski definition) is 3. The van der Waals surface area contributed by atoms with E-state index in [1.807, 2.05) is 43.5 Å². The minimum atomic E-state index is -0.174. The molecule has 0 aliphatic heterocycles. The summed E-state index contributed by atoms with van der Waals surface area (Å²) in [5.74, 6) is -0.174. The van der Waals surface area contributed by atoms with E-state index < -0.39 is 0 Å². The maximum absolute atomic E-state index is 12.0. The molecule has 0 fully saturated rings. The molecule has 0 spiro atoms. The Bertz CT molecular complexity index is 743. The molecular formula is C16H17N5O. The lowest BCUT2D eigenvalue weighted by molar-refractivity contribution is 0.0946. The van der Waals surface area contributed by atoms with Gasteiger partial charge in [-0.05, 0) is 36.2 Å². The number of nitrogens with zero attached hydrogens (tertiary/aromatic N) is 3. The molecule has 22 heavy (non-hydrogen) atoms. The Hall–Kier alpha value is -2.89. The van der Waals surface area contributed by atoms with E-state index in [2.05, 4.69) is 20.6 Å². The van der Waals surface area contributed by atoms with Crippen LogP contribution in [-0.4, -0.2) is 25.9 Å². The highest BCUT2D eigenvalue weighted by Gasteiger charge is 2.09. The van der Waals surface area contributed by atoms with Gasteiger partial charge in [0.15, 0.2) is 0 Å². The maximum Gasteiger partial charge on any atom is 0.272 e. The summed E-state index contributed by atoms with van der Waals surface area (Å²) in [6.45, 7) is 2.48. The molecule has 1 amide bonds. The third-order valence-corrected chi connectivity index (χ3v) is 3.40. The second-order valence-electron chi connectivity index (χ2n) is 4.93. The van der Waals surface area contributed by atoms with Crippen LogP contribution in [0.4, 0.5) is 0 Å². The molecule has 0 radical (unpaired) electrons. The van der Waals surface area contributed by atoms with Crippen LogP contribution in [0.25, 0.3) is 5.69 Å². The maximum atomic E-state index is 12.0. The number of carbonyl (C=O) groups is 1. The lowest BCUT2D eigenvalue weighted by Gasteiger charge is -2.05. The van der Waals surface area contributed by atoms with Crippen LogP contribution >= 0.6 is 0 Å². The Morgan fingerprint density at radius 1 is 1.32 bits per heavy atom. The second-order valence-corrected chi connectivity index (χ2v) is 4.93. The number of nitrogens with one attached hydrogen (secondary N) is 2. The van der Waals surface area contributed by atoms with Crippen LogP contribution in [0.3, 0.4) is 0 Å². The number of aromatic nitrogens is 4. The van der Waals surface area contributed by atoms with E-state index >= 15 is 0 Å². The third-order valence-electron chi connectivity index (χ3n) is 3.40. The van der Waals surface area contributed by atoms with E-state index in [-0.39, 0.29) is 5.91 Å².